The Balaban J connectivity index is 1.78. The number of hydrogen-bond donors (Lipinski definition) is 1. The average Bonchev–Trinajstić information content (AvgIpc) is 2.71. The van der Waals surface area contributed by atoms with E-state index in [2.05, 4.69) is 43.4 Å². The van der Waals surface area contributed by atoms with Crippen molar-refractivity contribution in [2.45, 2.75) is 32.7 Å². The van der Waals surface area contributed by atoms with E-state index in [1.807, 2.05) is 18.2 Å². The number of benzene rings is 3. The highest BCUT2D eigenvalue weighted by molar-refractivity contribution is 6.12. The number of hydrogen-bond acceptors (Lipinski definition) is 4. The number of anilines is 1. The molecule has 3 aromatic carbocycles. The molecule has 0 aromatic heterocycles. The molecule has 2 aliphatic rings. The Morgan fingerprint density at radius 3 is 2.63 bits per heavy atom. The van der Waals surface area contributed by atoms with E-state index in [1.165, 1.54) is 6.07 Å². The number of ketones is 1. The molecule has 1 N–H and O–H groups in total. The maximum atomic E-state index is 13.4. The molecule has 1 atom stereocenters. The number of nitrogens with zero attached hydrogens (tertiary/aromatic N) is 1. The zero-order chi connectivity index (χ0) is 21.0. The second kappa shape index (κ2) is 6.52. The molecule has 1 unspecified atom stereocenters. The van der Waals surface area contributed by atoms with Crippen molar-refractivity contribution in [2.24, 2.45) is 5.41 Å². The van der Waals surface area contributed by atoms with E-state index in [1.54, 1.807) is 12.1 Å². The van der Waals surface area contributed by atoms with Crippen LogP contribution in [0.4, 0.5) is 11.4 Å². The molecule has 30 heavy (non-hydrogen) atoms. The second-order valence-corrected chi connectivity index (χ2v) is 8.97. The van der Waals surface area contributed by atoms with Crippen LogP contribution in [0, 0.1) is 15.5 Å². The molecule has 0 saturated heterocycles. The third-order valence-corrected chi connectivity index (χ3v) is 6.15. The van der Waals surface area contributed by atoms with Gasteiger partial charge in [0.2, 0.25) is 0 Å². The van der Waals surface area contributed by atoms with E-state index in [4.69, 9.17) is 0 Å². The average molecular weight is 398 g/mol. The van der Waals surface area contributed by atoms with Gasteiger partial charge in [-0.25, -0.2) is 0 Å². The molecule has 0 amide bonds. The number of Topliss-reactive ketones (excluding diaryl/α,β-unsaturated/α-hetero) is 1. The first-order chi connectivity index (χ1) is 14.3. The number of allylic oxidation sites excluding steroid dienone is 1. The SMILES string of the molecule is CC1(C)CC(=O)C2=C(C1)c1c(ccc3ccccc13)NC2c1cccc([N+](=O)[O-])c1. The molecule has 1 aliphatic heterocycles. The molecular formula is C25H22N2O3. The highest BCUT2D eigenvalue weighted by Crippen LogP contribution is 2.52. The largest absolute Gasteiger partial charge is 0.373 e. The van der Waals surface area contributed by atoms with Gasteiger partial charge in [0, 0.05) is 35.4 Å². The Morgan fingerprint density at radius 1 is 1.03 bits per heavy atom. The van der Waals surface area contributed by atoms with E-state index in [9.17, 15) is 14.9 Å². The monoisotopic (exact) mass is 398 g/mol. The minimum absolute atomic E-state index is 0.0318. The highest BCUT2D eigenvalue weighted by Gasteiger charge is 2.41. The minimum atomic E-state index is -0.394. The third-order valence-electron chi connectivity index (χ3n) is 6.15. The summed E-state index contributed by atoms with van der Waals surface area (Å²) < 4.78 is 0. The first-order valence-corrected chi connectivity index (χ1v) is 10.1. The van der Waals surface area contributed by atoms with Crippen molar-refractivity contribution in [1.82, 2.24) is 0 Å². The van der Waals surface area contributed by atoms with Gasteiger partial charge < -0.3 is 5.32 Å². The van der Waals surface area contributed by atoms with Crippen molar-refractivity contribution in [3.05, 3.63) is 87.5 Å². The maximum Gasteiger partial charge on any atom is 0.269 e. The van der Waals surface area contributed by atoms with Gasteiger partial charge in [0.05, 0.1) is 11.0 Å². The zero-order valence-electron chi connectivity index (χ0n) is 16.9. The van der Waals surface area contributed by atoms with Crippen molar-refractivity contribution in [2.75, 3.05) is 5.32 Å². The molecule has 0 spiro atoms. The van der Waals surface area contributed by atoms with Crippen LogP contribution in [0.15, 0.2) is 66.2 Å². The van der Waals surface area contributed by atoms with Gasteiger partial charge in [-0.3, -0.25) is 14.9 Å². The normalized spacial score (nSPS) is 19.8. The summed E-state index contributed by atoms with van der Waals surface area (Å²) in [6, 6.07) is 18.5. The van der Waals surface area contributed by atoms with E-state index in [0.717, 1.165) is 45.2 Å². The Morgan fingerprint density at radius 2 is 1.83 bits per heavy atom. The molecule has 1 heterocycles. The van der Waals surface area contributed by atoms with Crippen LogP contribution in [-0.4, -0.2) is 10.7 Å². The molecule has 0 radical (unpaired) electrons. The summed E-state index contributed by atoms with van der Waals surface area (Å²) in [7, 11) is 0. The minimum Gasteiger partial charge on any atom is -0.373 e. The first kappa shape index (κ1) is 18.6. The number of carbonyl (C=O) groups is 1. The van der Waals surface area contributed by atoms with E-state index in [-0.39, 0.29) is 16.9 Å². The molecule has 5 heteroatoms. The molecule has 0 saturated carbocycles. The van der Waals surface area contributed by atoms with Gasteiger partial charge in [0.1, 0.15) is 0 Å². The standard InChI is InChI=1S/C25H22N2O3/c1-25(2)13-19-22-18-9-4-3-6-15(18)10-11-20(22)26-24(23(19)21(28)14-25)16-7-5-8-17(12-16)27(29)30/h3-12,24,26H,13-14H2,1-2H3. The number of nitro benzene ring substituents is 1. The summed E-state index contributed by atoms with van der Waals surface area (Å²) in [5.74, 6) is 0.115. The predicted molar refractivity (Wildman–Crippen MR) is 118 cm³/mol. The number of fused-ring (bicyclic) bond motifs is 4. The van der Waals surface area contributed by atoms with E-state index >= 15 is 0 Å². The fourth-order valence-corrected chi connectivity index (χ4v) is 4.91. The lowest BCUT2D eigenvalue weighted by Crippen LogP contribution is -2.33. The van der Waals surface area contributed by atoms with Crippen LogP contribution in [0.2, 0.25) is 0 Å². The molecule has 3 aromatic rings. The smallest absolute Gasteiger partial charge is 0.269 e. The van der Waals surface area contributed by atoms with Gasteiger partial charge in [0.25, 0.3) is 5.69 Å². The summed E-state index contributed by atoms with van der Waals surface area (Å²) in [6.07, 6.45) is 1.27. The topological polar surface area (TPSA) is 72.2 Å². The van der Waals surface area contributed by atoms with Gasteiger partial charge >= 0.3 is 0 Å². The molecular weight excluding hydrogens is 376 g/mol. The summed E-state index contributed by atoms with van der Waals surface area (Å²) in [6.45, 7) is 4.26. The van der Waals surface area contributed by atoms with Crippen LogP contribution in [0.3, 0.4) is 0 Å². The van der Waals surface area contributed by atoms with Crippen LogP contribution < -0.4 is 5.32 Å². The molecule has 5 rings (SSSR count). The van der Waals surface area contributed by atoms with Crippen LogP contribution in [0.1, 0.15) is 43.9 Å². The Kier molecular flexibility index (Phi) is 4.03. The van der Waals surface area contributed by atoms with Crippen molar-refractivity contribution >= 4 is 33.5 Å². The van der Waals surface area contributed by atoms with Crippen molar-refractivity contribution in [3.8, 4) is 0 Å². The van der Waals surface area contributed by atoms with Crippen LogP contribution in [0.5, 0.6) is 0 Å². The number of non-ortho nitro benzene ring substituents is 1. The fourth-order valence-electron chi connectivity index (χ4n) is 4.91. The van der Waals surface area contributed by atoms with Crippen LogP contribution in [-0.2, 0) is 4.79 Å². The lowest BCUT2D eigenvalue weighted by molar-refractivity contribution is -0.384. The number of nitro groups is 1. The molecule has 150 valence electrons. The summed E-state index contributed by atoms with van der Waals surface area (Å²) in [4.78, 5) is 24.3. The van der Waals surface area contributed by atoms with E-state index < -0.39 is 11.0 Å². The highest BCUT2D eigenvalue weighted by atomic mass is 16.6. The second-order valence-electron chi connectivity index (χ2n) is 8.97. The van der Waals surface area contributed by atoms with Gasteiger partial charge in [-0.05, 0) is 39.8 Å². The van der Waals surface area contributed by atoms with Gasteiger partial charge in [-0.1, -0.05) is 56.3 Å². The zero-order valence-corrected chi connectivity index (χ0v) is 16.9. The first-order valence-electron chi connectivity index (χ1n) is 10.1. The lowest BCUT2D eigenvalue weighted by atomic mass is 9.68. The fraction of sp³-hybridized carbons (Fsp3) is 0.240. The van der Waals surface area contributed by atoms with Gasteiger partial charge in [-0.15, -0.1) is 0 Å². The van der Waals surface area contributed by atoms with Crippen molar-refractivity contribution < 1.29 is 9.72 Å². The predicted octanol–water partition coefficient (Wildman–Crippen LogP) is 6.06. The lowest BCUT2D eigenvalue weighted by Gasteiger charge is -2.40. The summed E-state index contributed by atoms with van der Waals surface area (Å²) in [5.41, 5.74) is 4.51. The molecule has 1 aliphatic carbocycles. The number of carbonyl (C=O) groups excluding carboxylic acids is 1. The number of rotatable bonds is 2. The summed E-state index contributed by atoms with van der Waals surface area (Å²) in [5, 5.41) is 17.1. The number of nitrogens with one attached hydrogen (secondary N) is 1. The van der Waals surface area contributed by atoms with Crippen molar-refractivity contribution in [3.63, 3.8) is 0 Å². The van der Waals surface area contributed by atoms with Crippen LogP contribution in [0.25, 0.3) is 16.3 Å². The van der Waals surface area contributed by atoms with Crippen LogP contribution >= 0.6 is 0 Å². The quantitative estimate of drug-likeness (QED) is 0.421. The Hall–Kier alpha value is -3.47. The molecule has 0 bridgehead atoms. The Labute approximate surface area is 174 Å². The maximum absolute atomic E-state index is 13.4. The van der Waals surface area contributed by atoms with Gasteiger partial charge in [0.15, 0.2) is 5.78 Å². The van der Waals surface area contributed by atoms with Crippen molar-refractivity contribution in [1.29, 1.82) is 0 Å². The van der Waals surface area contributed by atoms with Gasteiger partial charge in [-0.2, -0.15) is 0 Å². The summed E-state index contributed by atoms with van der Waals surface area (Å²) >= 11 is 0. The molecule has 5 nitrogen and oxygen atoms in total. The Bertz CT molecular complexity index is 1260. The molecule has 0 fully saturated rings. The van der Waals surface area contributed by atoms with E-state index in [0.29, 0.717) is 6.42 Å². The third kappa shape index (κ3) is 2.89.